The van der Waals surface area contributed by atoms with E-state index < -0.39 is 14.4 Å². The lowest BCUT2D eigenvalue weighted by Crippen LogP contribution is -2.43. The number of rotatable bonds is 23. The van der Waals surface area contributed by atoms with E-state index in [1.165, 1.54) is 20.8 Å². The predicted octanol–water partition coefficient (Wildman–Crippen LogP) is 14.1. The van der Waals surface area contributed by atoms with Crippen molar-refractivity contribution in [3.8, 4) is 17.2 Å². The number of aromatic nitrogens is 2. The molecule has 2 atom stereocenters. The summed E-state index contributed by atoms with van der Waals surface area (Å²) in [6.45, 7) is 14.8. The van der Waals surface area contributed by atoms with Crippen molar-refractivity contribution in [2.45, 2.75) is 77.2 Å². The summed E-state index contributed by atoms with van der Waals surface area (Å²) < 4.78 is 26.6. The van der Waals surface area contributed by atoms with E-state index in [9.17, 15) is 14.7 Å². The zero-order valence-corrected chi connectivity index (χ0v) is 51.0. The highest BCUT2D eigenvalue weighted by molar-refractivity contribution is 14.1. The molecule has 0 radical (unpaired) electrons. The third kappa shape index (κ3) is 16.5. The van der Waals surface area contributed by atoms with E-state index in [2.05, 4.69) is 153 Å². The molecule has 0 unspecified atom stereocenters. The number of hydrogen-bond acceptors (Lipinski definition) is 10. The largest absolute Gasteiger partial charge is 0.496 e. The molecule has 6 N–H and O–H groups in total. The van der Waals surface area contributed by atoms with Crippen LogP contribution in [0.2, 0.25) is 18.1 Å². The van der Waals surface area contributed by atoms with Gasteiger partial charge in [0.25, 0.3) is 0 Å². The Labute approximate surface area is 492 Å². The van der Waals surface area contributed by atoms with Gasteiger partial charge in [-0.25, -0.2) is 0 Å². The van der Waals surface area contributed by atoms with E-state index >= 15 is 0 Å². The number of aliphatic hydroxyl groups excluding tert-OH is 1. The summed E-state index contributed by atoms with van der Waals surface area (Å²) in [5, 5.41) is 23.2. The lowest BCUT2D eigenvalue weighted by atomic mass is 10.0. The van der Waals surface area contributed by atoms with E-state index in [1.807, 2.05) is 97.1 Å². The maximum Gasteiger partial charge on any atom is 0.248 e. The van der Waals surface area contributed by atoms with Crippen LogP contribution < -0.4 is 41.3 Å². The number of ether oxygens (including phenoxy) is 3. The SMILES string of the molecule is CC(C)(C)[Si](C)(C)O[C@H](CNCCc1ccc(I)cc1)c1ccc(OCc2ccccc2)c2[nH]c(=O)ccc12.COc1ccc(Nc2ccc(CCNC[C@H](O)c3ccc(OCc4ccccc4)c4[nH]c(=O)ccc34)cc2)cc1Br. The number of H-pyrrole nitrogens is 2. The van der Waals surface area contributed by atoms with E-state index in [0.29, 0.717) is 55.4 Å². The van der Waals surface area contributed by atoms with E-state index in [4.69, 9.17) is 18.6 Å². The Kier molecular flexibility index (Phi) is 21.0. The van der Waals surface area contributed by atoms with Gasteiger partial charge in [-0.2, -0.15) is 0 Å². The van der Waals surface area contributed by atoms with Gasteiger partial charge >= 0.3 is 0 Å². The summed E-state index contributed by atoms with van der Waals surface area (Å²) in [5.41, 5.74) is 9.28. The molecule has 7 aromatic carbocycles. The van der Waals surface area contributed by atoms with E-state index in [1.54, 1.807) is 25.3 Å². The van der Waals surface area contributed by atoms with Gasteiger partial charge in [0.1, 0.15) is 30.5 Å². The molecule has 0 spiro atoms. The van der Waals surface area contributed by atoms with Crippen molar-refractivity contribution in [3.63, 3.8) is 0 Å². The summed E-state index contributed by atoms with van der Waals surface area (Å²) in [5.74, 6) is 2.02. The molecular weight excluding hydrogens is 1200 g/mol. The van der Waals surface area contributed by atoms with Gasteiger partial charge in [0.2, 0.25) is 11.1 Å². The van der Waals surface area contributed by atoms with Gasteiger partial charge in [0.05, 0.1) is 34.8 Å². The number of methoxy groups -OCH3 is 1. The number of hydrogen-bond donors (Lipinski definition) is 6. The predicted molar refractivity (Wildman–Crippen MR) is 339 cm³/mol. The number of benzene rings is 7. The van der Waals surface area contributed by atoms with Gasteiger partial charge in [-0.1, -0.05) is 118 Å². The van der Waals surface area contributed by atoms with Crippen LogP contribution in [0.25, 0.3) is 21.8 Å². The Morgan fingerprint density at radius 2 is 1.07 bits per heavy atom. The monoisotopic (exact) mass is 1270 g/mol. The van der Waals surface area contributed by atoms with Crippen molar-refractivity contribution in [1.82, 2.24) is 20.6 Å². The molecule has 15 heteroatoms. The molecule has 0 saturated heterocycles. The molecule has 0 bridgehead atoms. The standard InChI is InChI=1S/C33H32BrN3O4.C32H39IN2O3Si/c1-40-30-14-11-25(19-28(30)34)36-24-9-7-22(8-10-24)17-18-35-20-29(38)26-12-15-31(33-27(26)13-16-32(39)37-33)41-21-23-5-3-2-4-6-23;1-32(2,3)39(4,5)38-29(21-34-20-19-23-11-13-25(33)14-12-23)26-15-17-28(31-27(26)16-18-30(36)35-31)37-22-24-9-7-6-8-10-24/h2-16,19,29,35-36,38H,17-18,20-21H2,1H3,(H,37,39);6-18,29,34H,19-22H2,1-5H3,(H,35,36)/t2*29-/m01/s1. The molecule has 0 fully saturated rings. The highest BCUT2D eigenvalue weighted by Gasteiger charge is 2.40. The van der Waals surface area contributed by atoms with Gasteiger partial charge in [0, 0.05) is 50.9 Å². The number of fused-ring (bicyclic) bond motifs is 2. The molecule has 9 aromatic rings. The minimum atomic E-state index is -2.10. The highest BCUT2D eigenvalue weighted by Crippen LogP contribution is 2.41. The summed E-state index contributed by atoms with van der Waals surface area (Å²) in [6.07, 6.45) is 0.854. The molecule has 0 aliphatic carbocycles. The van der Waals surface area contributed by atoms with Crippen molar-refractivity contribution >= 4 is 80.0 Å². The average molecular weight is 1270 g/mol. The minimum Gasteiger partial charge on any atom is -0.496 e. The smallest absolute Gasteiger partial charge is 0.248 e. The van der Waals surface area contributed by atoms with Crippen molar-refractivity contribution in [3.05, 3.63) is 238 Å². The second kappa shape index (κ2) is 28.2. The molecule has 0 amide bonds. The molecule has 2 heterocycles. The number of nitrogens with one attached hydrogen (secondary N) is 5. The summed E-state index contributed by atoms with van der Waals surface area (Å²) in [6, 6.07) is 57.1. The maximum atomic E-state index is 12.4. The number of aliphatic hydroxyl groups is 1. The Morgan fingerprint density at radius 1 is 0.588 bits per heavy atom. The fourth-order valence-electron chi connectivity index (χ4n) is 8.89. The van der Waals surface area contributed by atoms with Crippen LogP contribution in [0, 0.1) is 3.57 Å². The Balaban J connectivity index is 0.000000211. The van der Waals surface area contributed by atoms with Crippen molar-refractivity contribution < 1.29 is 23.7 Å². The average Bonchev–Trinajstić information content (AvgIpc) is 3.45. The van der Waals surface area contributed by atoms with Crippen LogP contribution in [-0.4, -0.2) is 56.7 Å². The van der Waals surface area contributed by atoms with Gasteiger partial charge in [-0.05, 0) is 183 Å². The molecule has 0 saturated carbocycles. The van der Waals surface area contributed by atoms with Gasteiger partial charge < -0.3 is 49.7 Å². The Morgan fingerprint density at radius 3 is 1.60 bits per heavy atom. The second-order valence-corrected chi connectivity index (χ2v) is 28.0. The van der Waals surface area contributed by atoms with Crippen LogP contribution in [0.15, 0.2) is 190 Å². The lowest BCUT2D eigenvalue weighted by molar-refractivity contribution is 0.176. The summed E-state index contributed by atoms with van der Waals surface area (Å²) >= 11 is 5.85. The normalized spacial score (nSPS) is 12.4. The van der Waals surface area contributed by atoms with Crippen molar-refractivity contribution in [1.29, 1.82) is 0 Å². The maximum absolute atomic E-state index is 12.4. The first-order valence-corrected chi connectivity index (χ1v) is 31.7. The first-order chi connectivity index (χ1) is 38.5. The fourth-order valence-corrected chi connectivity index (χ4v) is 11.1. The second-order valence-electron chi connectivity index (χ2n) is 21.2. The van der Waals surface area contributed by atoms with Crippen LogP contribution in [0.3, 0.4) is 0 Å². The van der Waals surface area contributed by atoms with E-state index in [0.717, 1.165) is 74.0 Å². The highest BCUT2D eigenvalue weighted by atomic mass is 127. The van der Waals surface area contributed by atoms with Crippen LogP contribution in [-0.2, 0) is 30.5 Å². The summed E-state index contributed by atoms with van der Waals surface area (Å²) in [7, 11) is -0.450. The number of pyridine rings is 2. The van der Waals surface area contributed by atoms with E-state index in [-0.39, 0.29) is 22.3 Å². The Hall–Kier alpha value is -6.57. The number of halogens is 2. The molecule has 80 heavy (non-hydrogen) atoms. The first kappa shape index (κ1) is 59.5. The van der Waals surface area contributed by atoms with Gasteiger partial charge in [-0.3, -0.25) is 9.59 Å². The van der Waals surface area contributed by atoms with Crippen molar-refractivity contribution in [2.24, 2.45) is 0 Å². The van der Waals surface area contributed by atoms with Gasteiger partial charge in [-0.15, -0.1) is 0 Å². The third-order valence-corrected chi connectivity index (χ3v) is 20.2. The molecular formula is C65H71BrIN5O7Si. The fraction of sp³-hybridized carbons (Fsp3) is 0.262. The van der Waals surface area contributed by atoms with Crippen molar-refractivity contribution in [2.75, 3.05) is 38.6 Å². The molecule has 2 aromatic heterocycles. The molecule has 0 aliphatic rings. The summed E-state index contributed by atoms with van der Waals surface area (Å²) in [4.78, 5) is 30.4. The zero-order valence-electron chi connectivity index (χ0n) is 46.2. The topological polar surface area (TPSA) is 159 Å². The first-order valence-electron chi connectivity index (χ1n) is 26.9. The van der Waals surface area contributed by atoms with Crippen LogP contribution >= 0.6 is 38.5 Å². The van der Waals surface area contributed by atoms with Crippen LogP contribution in [0.1, 0.15) is 66.4 Å². The zero-order chi connectivity index (χ0) is 56.7. The third-order valence-electron chi connectivity index (χ3n) is 14.4. The Bertz CT molecular complexity index is 3560. The van der Waals surface area contributed by atoms with Crippen LogP contribution in [0.5, 0.6) is 17.2 Å². The number of anilines is 2. The minimum absolute atomic E-state index is 0.0648. The van der Waals surface area contributed by atoms with Gasteiger partial charge in [0.15, 0.2) is 8.32 Å². The molecule has 416 valence electrons. The lowest BCUT2D eigenvalue weighted by Gasteiger charge is -2.39. The molecule has 9 rings (SSSR count). The molecule has 0 aliphatic heterocycles. The number of aromatic amines is 2. The molecule has 12 nitrogen and oxygen atoms in total. The van der Waals surface area contributed by atoms with Crippen LogP contribution in [0.4, 0.5) is 11.4 Å². The quantitative estimate of drug-likeness (QED) is 0.0207.